The van der Waals surface area contributed by atoms with Crippen LogP contribution in [-0.2, 0) is 14.3 Å². The lowest BCUT2D eigenvalue weighted by atomic mass is 9.84. The van der Waals surface area contributed by atoms with E-state index in [1.54, 1.807) is 6.92 Å². The maximum atomic E-state index is 11.8. The van der Waals surface area contributed by atoms with Crippen molar-refractivity contribution in [3.63, 3.8) is 0 Å². The normalized spacial score (nSPS) is 23.4. The lowest BCUT2D eigenvalue weighted by Crippen LogP contribution is -2.38. The fourth-order valence-electron chi connectivity index (χ4n) is 2.83. The second-order valence-electron chi connectivity index (χ2n) is 5.52. The Morgan fingerprint density at radius 1 is 1.16 bits per heavy atom. The van der Waals surface area contributed by atoms with Gasteiger partial charge in [-0.05, 0) is 45.6 Å². The molecule has 4 heteroatoms. The van der Waals surface area contributed by atoms with E-state index >= 15 is 0 Å². The number of carbonyl (C=O) groups excluding carboxylic acids is 2. The van der Waals surface area contributed by atoms with Gasteiger partial charge in [0.15, 0.2) is 5.78 Å². The van der Waals surface area contributed by atoms with Gasteiger partial charge in [0.05, 0.1) is 13.2 Å². The maximum absolute atomic E-state index is 11.8. The van der Waals surface area contributed by atoms with E-state index in [0.717, 1.165) is 5.92 Å². The van der Waals surface area contributed by atoms with Crippen LogP contribution in [0.25, 0.3) is 0 Å². The van der Waals surface area contributed by atoms with Crippen LogP contribution in [0.1, 0.15) is 52.4 Å². The van der Waals surface area contributed by atoms with E-state index in [1.165, 1.54) is 32.1 Å². The number of carbonyl (C=O) groups is 2. The van der Waals surface area contributed by atoms with Crippen molar-refractivity contribution in [3.05, 3.63) is 0 Å². The van der Waals surface area contributed by atoms with Gasteiger partial charge in [-0.1, -0.05) is 13.3 Å². The summed E-state index contributed by atoms with van der Waals surface area (Å²) < 4.78 is 4.79. The number of likely N-dealkylation sites (N-methyl/N-ethyl adjacent to an activating group) is 1. The molecule has 0 heterocycles. The number of Topliss-reactive ketones (excluding diaryl/α,β-unsaturated/α-hetero) is 1. The van der Waals surface area contributed by atoms with Crippen LogP contribution >= 0.6 is 0 Å². The summed E-state index contributed by atoms with van der Waals surface area (Å²) >= 11 is 0. The van der Waals surface area contributed by atoms with Gasteiger partial charge in [0.25, 0.3) is 0 Å². The number of ketones is 1. The van der Waals surface area contributed by atoms with E-state index in [4.69, 9.17) is 4.74 Å². The smallest absolute Gasteiger partial charge is 0.313 e. The summed E-state index contributed by atoms with van der Waals surface area (Å²) in [5, 5.41) is 0. The van der Waals surface area contributed by atoms with Gasteiger partial charge in [-0.2, -0.15) is 0 Å². The number of esters is 1. The quantitative estimate of drug-likeness (QED) is 0.526. The second kappa shape index (κ2) is 8.31. The molecule has 19 heavy (non-hydrogen) atoms. The van der Waals surface area contributed by atoms with E-state index in [1.807, 2.05) is 7.05 Å². The summed E-state index contributed by atoms with van der Waals surface area (Å²) in [7, 11) is 1.99. The Balaban J connectivity index is 2.28. The average Bonchev–Trinajstić information content (AvgIpc) is 2.38. The molecule has 0 N–H and O–H groups in total. The van der Waals surface area contributed by atoms with Crippen LogP contribution in [0.2, 0.25) is 0 Å². The Bertz CT molecular complexity index is 296. The van der Waals surface area contributed by atoms with Crippen molar-refractivity contribution in [2.45, 2.75) is 58.4 Å². The van der Waals surface area contributed by atoms with Crippen LogP contribution in [0.15, 0.2) is 0 Å². The van der Waals surface area contributed by atoms with Crippen LogP contribution in [0, 0.1) is 5.92 Å². The molecule has 0 bridgehead atoms. The van der Waals surface area contributed by atoms with Crippen molar-refractivity contribution in [1.82, 2.24) is 4.90 Å². The molecule has 0 aromatic heterocycles. The first-order chi connectivity index (χ1) is 9.06. The minimum Gasteiger partial charge on any atom is -0.466 e. The monoisotopic (exact) mass is 269 g/mol. The van der Waals surface area contributed by atoms with Crippen LogP contribution in [-0.4, -0.2) is 42.9 Å². The predicted molar refractivity (Wildman–Crippen MR) is 74.9 cm³/mol. The maximum Gasteiger partial charge on any atom is 0.313 e. The van der Waals surface area contributed by atoms with Crippen LogP contribution < -0.4 is 0 Å². The van der Waals surface area contributed by atoms with Crippen molar-refractivity contribution >= 4 is 11.8 Å². The van der Waals surface area contributed by atoms with Gasteiger partial charge in [-0.25, -0.2) is 0 Å². The standard InChI is InChI=1S/C15H27NO3/c1-4-12-6-8-13(9-7-12)16(3)11-14(17)10-15(18)19-5-2/h12-13H,4-11H2,1-3H3. The molecule has 1 fully saturated rings. The molecule has 0 amide bonds. The third-order valence-electron chi connectivity index (χ3n) is 4.09. The largest absolute Gasteiger partial charge is 0.466 e. The second-order valence-corrected chi connectivity index (χ2v) is 5.52. The molecule has 0 aliphatic heterocycles. The van der Waals surface area contributed by atoms with E-state index in [-0.39, 0.29) is 12.2 Å². The van der Waals surface area contributed by atoms with E-state index in [0.29, 0.717) is 19.2 Å². The van der Waals surface area contributed by atoms with Crippen LogP contribution in [0.3, 0.4) is 0 Å². The van der Waals surface area contributed by atoms with Crippen LogP contribution in [0.5, 0.6) is 0 Å². The molecule has 0 atom stereocenters. The first kappa shape index (κ1) is 16.2. The summed E-state index contributed by atoms with van der Waals surface area (Å²) in [5.74, 6) is 0.411. The third kappa shape index (κ3) is 5.72. The highest BCUT2D eigenvalue weighted by molar-refractivity contribution is 5.96. The molecule has 0 saturated heterocycles. The third-order valence-corrected chi connectivity index (χ3v) is 4.09. The van der Waals surface area contributed by atoms with Crippen molar-refractivity contribution in [2.24, 2.45) is 5.92 Å². The van der Waals surface area contributed by atoms with E-state index in [2.05, 4.69) is 11.8 Å². The zero-order valence-electron chi connectivity index (χ0n) is 12.5. The molecule has 1 aliphatic carbocycles. The number of ether oxygens (including phenoxy) is 1. The average molecular weight is 269 g/mol. The first-order valence-corrected chi connectivity index (χ1v) is 7.44. The Hall–Kier alpha value is -0.900. The topological polar surface area (TPSA) is 46.6 Å². The van der Waals surface area contributed by atoms with Gasteiger partial charge in [0.2, 0.25) is 0 Å². The highest BCUT2D eigenvalue weighted by Gasteiger charge is 2.24. The molecule has 0 spiro atoms. The zero-order chi connectivity index (χ0) is 14.3. The summed E-state index contributed by atoms with van der Waals surface area (Å²) in [6.07, 6.45) is 6.03. The van der Waals surface area contributed by atoms with Gasteiger partial charge in [0.1, 0.15) is 6.42 Å². The highest BCUT2D eigenvalue weighted by Crippen LogP contribution is 2.28. The van der Waals surface area contributed by atoms with Gasteiger partial charge in [-0.3, -0.25) is 14.5 Å². The molecule has 1 rings (SSSR count). The molecule has 0 radical (unpaired) electrons. The summed E-state index contributed by atoms with van der Waals surface area (Å²) in [6.45, 7) is 4.70. The lowest BCUT2D eigenvalue weighted by Gasteiger charge is -2.34. The molecule has 110 valence electrons. The zero-order valence-corrected chi connectivity index (χ0v) is 12.5. The molecular weight excluding hydrogens is 242 g/mol. The minimum atomic E-state index is -0.407. The van der Waals surface area contributed by atoms with Gasteiger partial charge in [0, 0.05) is 6.04 Å². The van der Waals surface area contributed by atoms with Gasteiger partial charge in [-0.15, -0.1) is 0 Å². The van der Waals surface area contributed by atoms with E-state index in [9.17, 15) is 9.59 Å². The molecular formula is C15H27NO3. The fourth-order valence-corrected chi connectivity index (χ4v) is 2.83. The molecule has 1 saturated carbocycles. The Morgan fingerprint density at radius 3 is 2.32 bits per heavy atom. The summed E-state index contributed by atoms with van der Waals surface area (Å²) in [4.78, 5) is 25.1. The molecule has 1 aliphatic rings. The van der Waals surface area contributed by atoms with Gasteiger partial charge >= 0.3 is 5.97 Å². The minimum absolute atomic E-state index is 0.0430. The van der Waals surface area contributed by atoms with Gasteiger partial charge < -0.3 is 4.74 Å². The lowest BCUT2D eigenvalue weighted by molar-refractivity contribution is -0.145. The fraction of sp³-hybridized carbons (Fsp3) is 0.867. The van der Waals surface area contributed by atoms with Crippen molar-refractivity contribution in [3.8, 4) is 0 Å². The molecule has 0 unspecified atom stereocenters. The molecule has 0 aromatic rings. The van der Waals surface area contributed by atoms with Crippen molar-refractivity contribution < 1.29 is 14.3 Å². The number of nitrogens with zero attached hydrogens (tertiary/aromatic N) is 1. The van der Waals surface area contributed by atoms with Crippen molar-refractivity contribution in [2.75, 3.05) is 20.2 Å². The first-order valence-electron chi connectivity index (χ1n) is 7.44. The molecule has 4 nitrogen and oxygen atoms in total. The SMILES string of the molecule is CCOC(=O)CC(=O)CN(C)C1CCC(CC)CC1. The predicted octanol–water partition coefficient (Wildman–Crippen LogP) is 2.41. The Morgan fingerprint density at radius 2 is 1.79 bits per heavy atom. The number of hydrogen-bond donors (Lipinski definition) is 0. The van der Waals surface area contributed by atoms with Crippen LogP contribution in [0.4, 0.5) is 0 Å². The summed E-state index contributed by atoms with van der Waals surface area (Å²) in [6, 6.07) is 0.494. The number of hydrogen-bond acceptors (Lipinski definition) is 4. The highest BCUT2D eigenvalue weighted by atomic mass is 16.5. The molecule has 0 aromatic carbocycles. The number of rotatable bonds is 7. The Kier molecular flexibility index (Phi) is 7.06. The van der Waals surface area contributed by atoms with E-state index < -0.39 is 5.97 Å². The summed E-state index contributed by atoms with van der Waals surface area (Å²) in [5.41, 5.74) is 0. The van der Waals surface area contributed by atoms with Crippen molar-refractivity contribution in [1.29, 1.82) is 0 Å². The Labute approximate surface area is 116 Å².